The van der Waals surface area contributed by atoms with Crippen molar-refractivity contribution in [1.29, 1.82) is 0 Å². The van der Waals surface area contributed by atoms with Gasteiger partial charge in [0.15, 0.2) is 0 Å². The molecule has 1 aromatic heterocycles. The number of hydrogen-bond acceptors (Lipinski definition) is 1. The first-order valence-electron chi connectivity index (χ1n) is 30.2. The van der Waals surface area contributed by atoms with Gasteiger partial charge in [-0.05, 0) is 181 Å². The first-order chi connectivity index (χ1) is 37.8. The van der Waals surface area contributed by atoms with E-state index in [1.54, 1.807) is 20.8 Å². The highest BCUT2D eigenvalue weighted by molar-refractivity contribution is 6.24. The van der Waals surface area contributed by atoms with Crippen molar-refractivity contribution in [2.24, 2.45) is 0 Å². The van der Waals surface area contributed by atoms with E-state index in [4.69, 9.17) is 16.8 Å². The van der Waals surface area contributed by atoms with E-state index >= 15 is 0 Å². The molecule has 0 bridgehead atoms. The van der Waals surface area contributed by atoms with Gasteiger partial charge in [0.1, 0.15) is 11.2 Å². The molecule has 11 aromatic rings. The predicted molar refractivity (Wildman–Crippen MR) is 246 cm³/mol. The largest absolute Gasteiger partial charge is 0.456 e. The van der Waals surface area contributed by atoms with Crippen LogP contribution in [0.4, 0.5) is 0 Å². The topological polar surface area (TPSA) is 13.1 Å². The Bertz CT molecular complexity index is 4840. The second-order valence-corrected chi connectivity index (χ2v) is 14.3. The van der Waals surface area contributed by atoms with Crippen LogP contribution in [0, 0.1) is 41.5 Å². The minimum absolute atomic E-state index is 0.00519. The summed E-state index contributed by atoms with van der Waals surface area (Å²) in [6.07, 6.45) is 0. The fourth-order valence-electron chi connectivity index (χ4n) is 7.77. The maximum absolute atomic E-state index is 10.3. The molecule has 272 valence electrons. The Hall–Kier alpha value is -6.70. The molecule has 0 N–H and O–H groups in total. The average molecular weight is 755 g/mol. The van der Waals surface area contributed by atoms with E-state index in [1.165, 1.54) is 20.8 Å². The molecular formula is C56H42O. The standard InChI is InChI=1S/C56H42O/c1-31-18-21-45-48(24-31)53(41-16-11-15-40(27-41)44-22-19-32(2)42-23-20-37-12-9-10-17-43(37)54(42)44)49-25-33(3)34(4)26-50(49)55(45)46-30-51-47-28-38-13-7-8-14-39(38)29-52(47)57-56(51)36(6)35(46)5/h7-30H,1-6H3/i7D,8D,9D,10D,11D,12D,13D,14D,15D,16D,17D,18D,19D,20D,21D,22D,23D,24D,25D,26D,27D,28D,29D,30D. The van der Waals surface area contributed by atoms with Crippen LogP contribution >= 0.6 is 0 Å². The Morgan fingerprint density at radius 3 is 1.88 bits per heavy atom. The molecule has 11 rings (SSSR count). The van der Waals surface area contributed by atoms with Crippen LogP contribution in [0.1, 0.15) is 66.3 Å². The maximum Gasteiger partial charge on any atom is 0.138 e. The van der Waals surface area contributed by atoms with E-state index < -0.39 is 155 Å². The van der Waals surface area contributed by atoms with E-state index in [0.717, 1.165) is 0 Å². The second-order valence-electron chi connectivity index (χ2n) is 14.3. The van der Waals surface area contributed by atoms with E-state index in [2.05, 4.69) is 0 Å². The van der Waals surface area contributed by atoms with Crippen LogP contribution in [-0.2, 0) is 0 Å². The van der Waals surface area contributed by atoms with E-state index in [-0.39, 0.29) is 127 Å². The van der Waals surface area contributed by atoms with Crippen LogP contribution in [0.25, 0.3) is 109 Å². The van der Waals surface area contributed by atoms with Crippen LogP contribution < -0.4 is 0 Å². The summed E-state index contributed by atoms with van der Waals surface area (Å²) in [5.41, 5.74) is -1.85. The highest BCUT2D eigenvalue weighted by atomic mass is 16.3. The third-order valence-electron chi connectivity index (χ3n) is 10.9. The van der Waals surface area contributed by atoms with Crippen LogP contribution in [0.2, 0.25) is 0 Å². The summed E-state index contributed by atoms with van der Waals surface area (Å²) in [6.45, 7) is 9.02. The molecule has 57 heavy (non-hydrogen) atoms. The number of benzene rings is 10. The average Bonchev–Trinajstić information content (AvgIpc) is 3.91. The van der Waals surface area contributed by atoms with Gasteiger partial charge < -0.3 is 4.42 Å². The van der Waals surface area contributed by atoms with Crippen molar-refractivity contribution in [2.75, 3.05) is 0 Å². The Morgan fingerprint density at radius 1 is 0.386 bits per heavy atom. The molecule has 1 heteroatoms. The van der Waals surface area contributed by atoms with Crippen molar-refractivity contribution in [3.8, 4) is 33.4 Å². The van der Waals surface area contributed by atoms with Gasteiger partial charge in [-0.2, -0.15) is 0 Å². The molecule has 0 aliphatic carbocycles. The van der Waals surface area contributed by atoms with Crippen LogP contribution in [0.15, 0.2) is 149 Å². The van der Waals surface area contributed by atoms with E-state index in [0.29, 0.717) is 5.56 Å². The van der Waals surface area contributed by atoms with Gasteiger partial charge in [0, 0.05) is 10.8 Å². The molecule has 0 saturated carbocycles. The van der Waals surface area contributed by atoms with Crippen molar-refractivity contribution >= 4 is 75.8 Å². The third-order valence-corrected chi connectivity index (χ3v) is 10.9. The fraction of sp³-hybridized carbons (Fsp3) is 0.107. The van der Waals surface area contributed by atoms with Gasteiger partial charge in [0.2, 0.25) is 0 Å². The lowest BCUT2D eigenvalue weighted by Gasteiger charge is -2.21. The summed E-state index contributed by atoms with van der Waals surface area (Å²) in [6, 6.07) is -15.1. The van der Waals surface area contributed by atoms with Crippen LogP contribution in [0.3, 0.4) is 0 Å². The van der Waals surface area contributed by atoms with Crippen molar-refractivity contribution in [1.82, 2.24) is 0 Å². The molecule has 0 atom stereocenters. The van der Waals surface area contributed by atoms with E-state index in [1.807, 2.05) is 0 Å². The monoisotopic (exact) mass is 754 g/mol. The predicted octanol–water partition coefficient (Wildman–Crippen LogP) is 16.2. The Labute approximate surface area is 366 Å². The zero-order valence-electron chi connectivity index (χ0n) is 55.4. The van der Waals surface area contributed by atoms with Gasteiger partial charge in [0.25, 0.3) is 0 Å². The van der Waals surface area contributed by atoms with E-state index in [9.17, 15) is 20.6 Å². The normalized spacial score (nSPS) is 17.9. The molecule has 0 radical (unpaired) electrons. The molecule has 1 nitrogen and oxygen atoms in total. The molecule has 0 aliphatic rings. The molecule has 0 amide bonds. The fourth-order valence-corrected chi connectivity index (χ4v) is 7.77. The molecule has 0 fully saturated rings. The Kier molecular flexibility index (Phi) is 3.74. The molecule has 10 aromatic carbocycles. The highest BCUT2D eigenvalue weighted by Crippen LogP contribution is 2.48. The molecule has 0 saturated heterocycles. The van der Waals surface area contributed by atoms with Gasteiger partial charge in [-0.25, -0.2) is 0 Å². The molecule has 0 aliphatic heterocycles. The summed E-state index contributed by atoms with van der Waals surface area (Å²) >= 11 is 0. The molecular weight excluding hydrogens is 689 g/mol. The Morgan fingerprint density at radius 2 is 1.07 bits per heavy atom. The lowest BCUT2D eigenvalue weighted by atomic mass is 9.82. The van der Waals surface area contributed by atoms with Gasteiger partial charge in [-0.3, -0.25) is 0 Å². The quantitative estimate of drug-likeness (QED) is 0.129. The Balaban J connectivity index is 1.41. The van der Waals surface area contributed by atoms with Crippen LogP contribution in [-0.4, -0.2) is 0 Å². The lowest BCUT2D eigenvalue weighted by Crippen LogP contribution is -1.96. The van der Waals surface area contributed by atoms with Crippen molar-refractivity contribution < 1.29 is 37.3 Å². The van der Waals surface area contributed by atoms with Crippen LogP contribution in [0.5, 0.6) is 0 Å². The third kappa shape index (κ3) is 5.02. The molecule has 0 unspecified atom stereocenters. The minimum atomic E-state index is -0.905. The highest BCUT2D eigenvalue weighted by Gasteiger charge is 2.23. The zero-order valence-corrected chi connectivity index (χ0v) is 31.4. The number of aryl methyl sites for hydroxylation is 2. The summed E-state index contributed by atoms with van der Waals surface area (Å²) in [7, 11) is 0. The first kappa shape index (κ1) is 17.2. The minimum Gasteiger partial charge on any atom is -0.456 e. The maximum atomic E-state index is 10.3. The summed E-state index contributed by atoms with van der Waals surface area (Å²) < 4.78 is 230. The van der Waals surface area contributed by atoms with Crippen molar-refractivity contribution in [2.45, 2.75) is 41.5 Å². The first-order valence-corrected chi connectivity index (χ1v) is 18.2. The molecule has 0 spiro atoms. The summed E-state index contributed by atoms with van der Waals surface area (Å²) in [4.78, 5) is 0. The molecule has 1 heterocycles. The van der Waals surface area contributed by atoms with Gasteiger partial charge >= 0.3 is 0 Å². The van der Waals surface area contributed by atoms with Gasteiger partial charge in [-0.15, -0.1) is 0 Å². The summed E-state index contributed by atoms with van der Waals surface area (Å²) in [5, 5.41) is -3.33. The number of fused-ring (bicyclic) bond motifs is 9. The lowest BCUT2D eigenvalue weighted by molar-refractivity contribution is 0.666. The second kappa shape index (κ2) is 12.4. The van der Waals surface area contributed by atoms with Gasteiger partial charge in [-0.1, -0.05) is 126 Å². The van der Waals surface area contributed by atoms with Crippen molar-refractivity contribution in [3.05, 3.63) is 178 Å². The summed E-state index contributed by atoms with van der Waals surface area (Å²) in [5.74, 6) is 0. The van der Waals surface area contributed by atoms with Crippen molar-refractivity contribution in [3.63, 3.8) is 0 Å². The smallest absolute Gasteiger partial charge is 0.138 e. The zero-order chi connectivity index (χ0) is 59.6. The SMILES string of the molecule is [2H]c1c([2H])c(-c2c3c([2H])c(C)c([2H])c([2H])c3c(-c3c(C)c(C)c4oc5c([2H])c6c([2H])c([2H])c([2H])c([2H])c6c([2H])c5c4c3[2H])c3c([2H])c(C)c(C)c([2H])c23)c([2H])c(-c2c([2H])c([2H])c(C)c3c([2H])c([2H])c4c([2H])c([2H])c([2H])c([2H])c4c23)c1[2H]. The number of hydrogen-bond donors (Lipinski definition) is 0. The van der Waals surface area contributed by atoms with Gasteiger partial charge in [0.05, 0.1) is 32.9 Å². The number of rotatable bonds is 3. The number of furan rings is 1.